The van der Waals surface area contributed by atoms with E-state index in [0.717, 1.165) is 0 Å². The highest BCUT2D eigenvalue weighted by atomic mass is 16.6. The molecule has 1 aliphatic heterocycles. The molecule has 0 aromatic heterocycles. The second-order valence-electron chi connectivity index (χ2n) is 5.29. The van der Waals surface area contributed by atoms with Crippen molar-refractivity contribution in [1.82, 2.24) is 5.32 Å². The standard InChI is InChI=1S/C11H21NO6/c1-11(2,3)18-10(16)12-6-5-17-7(4-13)9(15)8(6)14/h6-9,13-15H,4-5H2,1-3H3,(H,12,16)/t6-,7+,8+,9+/m0/s1. The average Bonchev–Trinajstić information content (AvgIpc) is 2.22. The molecule has 7 heteroatoms. The Morgan fingerprint density at radius 3 is 2.50 bits per heavy atom. The molecule has 0 saturated carbocycles. The van der Waals surface area contributed by atoms with Gasteiger partial charge in [0.1, 0.15) is 23.9 Å². The summed E-state index contributed by atoms with van der Waals surface area (Å²) in [5.74, 6) is 0. The van der Waals surface area contributed by atoms with Gasteiger partial charge in [-0.2, -0.15) is 0 Å². The lowest BCUT2D eigenvalue weighted by Crippen LogP contribution is -2.60. The van der Waals surface area contributed by atoms with Crippen LogP contribution in [0.3, 0.4) is 0 Å². The van der Waals surface area contributed by atoms with E-state index in [9.17, 15) is 15.0 Å². The summed E-state index contributed by atoms with van der Waals surface area (Å²) in [6, 6.07) is -0.766. The summed E-state index contributed by atoms with van der Waals surface area (Å²) >= 11 is 0. The molecule has 0 bridgehead atoms. The second-order valence-corrected chi connectivity index (χ2v) is 5.29. The first-order chi connectivity index (χ1) is 8.24. The third-order valence-electron chi connectivity index (χ3n) is 2.52. The minimum atomic E-state index is -1.25. The zero-order valence-corrected chi connectivity index (χ0v) is 10.8. The van der Waals surface area contributed by atoms with Crippen molar-refractivity contribution in [3.8, 4) is 0 Å². The number of aliphatic hydroxyl groups is 3. The molecule has 4 atom stereocenters. The smallest absolute Gasteiger partial charge is 0.408 e. The Hall–Kier alpha value is -0.890. The minimum Gasteiger partial charge on any atom is -0.444 e. The number of ether oxygens (including phenoxy) is 2. The molecule has 1 fully saturated rings. The van der Waals surface area contributed by atoms with Crippen LogP contribution in [-0.2, 0) is 9.47 Å². The quantitative estimate of drug-likeness (QED) is 0.508. The lowest BCUT2D eigenvalue weighted by atomic mass is 9.98. The summed E-state index contributed by atoms with van der Waals surface area (Å²) in [5, 5.41) is 30.7. The lowest BCUT2D eigenvalue weighted by molar-refractivity contribution is -0.160. The highest BCUT2D eigenvalue weighted by Gasteiger charge is 2.39. The molecule has 0 aromatic carbocycles. The monoisotopic (exact) mass is 263 g/mol. The molecule has 7 nitrogen and oxygen atoms in total. The third-order valence-corrected chi connectivity index (χ3v) is 2.52. The Labute approximate surface area is 106 Å². The van der Waals surface area contributed by atoms with Gasteiger partial charge in [0.15, 0.2) is 0 Å². The van der Waals surface area contributed by atoms with E-state index in [1.54, 1.807) is 20.8 Å². The number of carbonyl (C=O) groups excluding carboxylic acids is 1. The first-order valence-corrected chi connectivity index (χ1v) is 5.82. The van der Waals surface area contributed by atoms with E-state index in [1.165, 1.54) is 0 Å². The van der Waals surface area contributed by atoms with Crippen LogP contribution < -0.4 is 5.32 Å². The molecule has 0 radical (unpaired) electrons. The Morgan fingerprint density at radius 2 is 2.00 bits per heavy atom. The van der Waals surface area contributed by atoms with Crippen LogP contribution in [0.4, 0.5) is 4.79 Å². The maximum absolute atomic E-state index is 11.5. The van der Waals surface area contributed by atoms with Crippen molar-refractivity contribution in [2.24, 2.45) is 0 Å². The zero-order valence-electron chi connectivity index (χ0n) is 10.8. The van der Waals surface area contributed by atoms with Gasteiger partial charge in [-0.05, 0) is 20.8 Å². The van der Waals surface area contributed by atoms with E-state index in [4.69, 9.17) is 14.6 Å². The molecule has 1 aliphatic rings. The number of hydrogen-bond acceptors (Lipinski definition) is 6. The fourth-order valence-electron chi connectivity index (χ4n) is 1.63. The van der Waals surface area contributed by atoms with E-state index < -0.39 is 42.7 Å². The normalized spacial score (nSPS) is 33.0. The Kier molecular flexibility index (Phi) is 4.92. The van der Waals surface area contributed by atoms with Crippen molar-refractivity contribution >= 4 is 6.09 Å². The van der Waals surface area contributed by atoms with Crippen LogP contribution in [0.5, 0.6) is 0 Å². The molecule has 1 saturated heterocycles. The summed E-state index contributed by atoms with van der Waals surface area (Å²) in [7, 11) is 0. The molecular weight excluding hydrogens is 242 g/mol. The van der Waals surface area contributed by atoms with E-state index in [0.29, 0.717) is 0 Å². The van der Waals surface area contributed by atoms with Crippen LogP contribution in [0.2, 0.25) is 0 Å². The van der Waals surface area contributed by atoms with Crippen molar-refractivity contribution in [1.29, 1.82) is 0 Å². The molecule has 0 aromatic rings. The number of alkyl carbamates (subject to hydrolysis) is 1. The Balaban J connectivity index is 2.51. The van der Waals surface area contributed by atoms with Gasteiger partial charge in [0, 0.05) is 0 Å². The number of amides is 1. The molecule has 4 N–H and O–H groups in total. The Morgan fingerprint density at radius 1 is 1.39 bits per heavy atom. The molecule has 0 unspecified atom stereocenters. The zero-order chi connectivity index (χ0) is 13.9. The van der Waals surface area contributed by atoms with Gasteiger partial charge < -0.3 is 30.1 Å². The van der Waals surface area contributed by atoms with Crippen LogP contribution in [0, 0.1) is 0 Å². The SMILES string of the molecule is CC(C)(C)OC(=O)N[C@H]1CO[C@H](CO)[C@@H](O)[C@@H]1O. The second kappa shape index (κ2) is 5.83. The molecule has 18 heavy (non-hydrogen) atoms. The van der Waals surface area contributed by atoms with Crippen molar-refractivity contribution in [2.75, 3.05) is 13.2 Å². The Bertz CT molecular complexity index is 290. The summed E-state index contributed by atoms with van der Waals surface area (Å²) in [5.41, 5.74) is -0.642. The number of nitrogens with one attached hydrogen (secondary N) is 1. The van der Waals surface area contributed by atoms with Gasteiger partial charge in [0.05, 0.1) is 19.3 Å². The maximum Gasteiger partial charge on any atom is 0.408 e. The van der Waals surface area contributed by atoms with Crippen LogP contribution in [0.25, 0.3) is 0 Å². The van der Waals surface area contributed by atoms with Gasteiger partial charge in [-0.3, -0.25) is 0 Å². The highest BCUT2D eigenvalue weighted by molar-refractivity contribution is 5.68. The summed E-state index contributed by atoms with van der Waals surface area (Å²) in [6.45, 7) is 4.77. The minimum absolute atomic E-state index is 0.00267. The fourth-order valence-corrected chi connectivity index (χ4v) is 1.63. The largest absolute Gasteiger partial charge is 0.444 e. The van der Waals surface area contributed by atoms with E-state index in [1.807, 2.05) is 0 Å². The molecule has 1 amide bonds. The number of hydrogen-bond donors (Lipinski definition) is 4. The maximum atomic E-state index is 11.5. The third kappa shape index (κ3) is 4.09. The predicted molar refractivity (Wildman–Crippen MR) is 62.0 cm³/mol. The number of rotatable bonds is 2. The van der Waals surface area contributed by atoms with Gasteiger partial charge in [-0.25, -0.2) is 4.79 Å². The topological polar surface area (TPSA) is 108 Å². The van der Waals surface area contributed by atoms with Crippen molar-refractivity contribution in [2.45, 2.75) is 50.7 Å². The first kappa shape index (κ1) is 15.2. The van der Waals surface area contributed by atoms with Crippen LogP contribution in [0.1, 0.15) is 20.8 Å². The van der Waals surface area contributed by atoms with Crippen LogP contribution >= 0.6 is 0 Å². The summed E-state index contributed by atoms with van der Waals surface area (Å²) in [6.07, 6.45) is -3.98. The number of aliphatic hydroxyl groups excluding tert-OH is 3. The van der Waals surface area contributed by atoms with Crippen molar-refractivity contribution < 1.29 is 29.6 Å². The van der Waals surface area contributed by atoms with Crippen LogP contribution in [-0.4, -0.2) is 64.6 Å². The van der Waals surface area contributed by atoms with Gasteiger partial charge in [-0.1, -0.05) is 0 Å². The summed E-state index contributed by atoms with van der Waals surface area (Å²) < 4.78 is 10.2. The highest BCUT2D eigenvalue weighted by Crippen LogP contribution is 2.16. The summed E-state index contributed by atoms with van der Waals surface area (Å²) in [4.78, 5) is 11.5. The van der Waals surface area contributed by atoms with Crippen LogP contribution in [0.15, 0.2) is 0 Å². The molecule has 0 aliphatic carbocycles. The number of carbonyl (C=O) groups is 1. The lowest BCUT2D eigenvalue weighted by Gasteiger charge is -2.37. The van der Waals surface area contributed by atoms with Gasteiger partial charge in [0.25, 0.3) is 0 Å². The fraction of sp³-hybridized carbons (Fsp3) is 0.909. The van der Waals surface area contributed by atoms with E-state index in [-0.39, 0.29) is 6.61 Å². The van der Waals surface area contributed by atoms with Gasteiger partial charge >= 0.3 is 6.09 Å². The van der Waals surface area contributed by atoms with Crippen molar-refractivity contribution in [3.63, 3.8) is 0 Å². The molecule has 106 valence electrons. The predicted octanol–water partition coefficient (Wildman–Crippen LogP) is -1.01. The molecule has 0 spiro atoms. The van der Waals surface area contributed by atoms with E-state index in [2.05, 4.69) is 5.32 Å². The van der Waals surface area contributed by atoms with Gasteiger partial charge in [0.2, 0.25) is 0 Å². The van der Waals surface area contributed by atoms with Crippen molar-refractivity contribution in [3.05, 3.63) is 0 Å². The average molecular weight is 263 g/mol. The molecular formula is C11H21NO6. The van der Waals surface area contributed by atoms with E-state index >= 15 is 0 Å². The van der Waals surface area contributed by atoms with Gasteiger partial charge in [-0.15, -0.1) is 0 Å². The molecule has 1 rings (SSSR count). The molecule has 1 heterocycles. The first-order valence-electron chi connectivity index (χ1n) is 5.82.